The Hall–Kier alpha value is -1.52. The maximum absolute atomic E-state index is 11.3. The molecule has 1 atom stereocenters. The molecule has 0 saturated heterocycles. The molecule has 0 aromatic rings. The van der Waals surface area contributed by atoms with Gasteiger partial charge in [-0.2, -0.15) is 0 Å². The van der Waals surface area contributed by atoms with Crippen LogP contribution in [0.1, 0.15) is 63.7 Å². The average molecular weight is 660 g/mol. The summed E-state index contributed by atoms with van der Waals surface area (Å²) >= 11 is 0. The van der Waals surface area contributed by atoms with Crippen LogP contribution in [-0.4, -0.2) is 134 Å². The van der Waals surface area contributed by atoms with E-state index in [1.54, 1.807) is 62.3 Å². The predicted octanol–water partition coefficient (Wildman–Crippen LogP) is -6.96. The zero-order chi connectivity index (χ0) is 33.0. The van der Waals surface area contributed by atoms with Crippen molar-refractivity contribution in [1.82, 2.24) is 26.1 Å². The molecule has 0 spiro atoms. The Morgan fingerprint density at radius 2 is 1.11 bits per heavy atom. The third kappa shape index (κ3) is 44.7. The molecule has 45 heavy (non-hydrogen) atoms. The van der Waals surface area contributed by atoms with Crippen LogP contribution in [0, 0.1) is 0 Å². The van der Waals surface area contributed by atoms with E-state index in [-0.39, 0.29) is 87.5 Å². The molecule has 0 heterocycles. The summed E-state index contributed by atoms with van der Waals surface area (Å²) in [6.45, 7) is 15.5. The van der Waals surface area contributed by atoms with Crippen molar-refractivity contribution in [1.29, 1.82) is 0 Å². The first-order valence-corrected chi connectivity index (χ1v) is 12.6. The summed E-state index contributed by atoms with van der Waals surface area (Å²) < 4.78 is 14.7. The molecule has 0 bridgehead atoms. The van der Waals surface area contributed by atoms with Crippen molar-refractivity contribution < 1.29 is 97.6 Å². The number of hydrogen-bond acceptors (Lipinski definition) is 12. The van der Waals surface area contributed by atoms with E-state index in [0.29, 0.717) is 6.29 Å². The van der Waals surface area contributed by atoms with Gasteiger partial charge < -0.3 is 51.8 Å². The third-order valence-electron chi connectivity index (χ3n) is 3.65. The number of carbonyl (C=O) groups is 5. The molecule has 1 unspecified atom stereocenters. The normalized spacial score (nSPS) is 10.7. The molecule has 0 rings (SSSR count). The van der Waals surface area contributed by atoms with Crippen molar-refractivity contribution in [2.24, 2.45) is 0 Å². The molecule has 0 aliphatic carbocycles. The van der Waals surface area contributed by atoms with Gasteiger partial charge in [-0.15, -0.1) is 0 Å². The number of likely N-dealkylation sites (N-methyl/N-ethyl adjacent to an activating group) is 2. The van der Waals surface area contributed by atoms with Crippen molar-refractivity contribution in [3.05, 3.63) is 0 Å². The van der Waals surface area contributed by atoms with E-state index in [9.17, 15) is 29.1 Å². The second-order valence-corrected chi connectivity index (χ2v) is 11.0. The second-order valence-electron chi connectivity index (χ2n) is 11.0. The Morgan fingerprint density at radius 3 is 1.42 bits per heavy atom. The minimum atomic E-state index is -1.15. The molecule has 0 aromatic heterocycles. The van der Waals surface area contributed by atoms with Gasteiger partial charge in [-0.3, -0.25) is 9.63 Å². The third-order valence-corrected chi connectivity index (χ3v) is 3.65. The molecule has 17 nitrogen and oxygen atoms in total. The van der Waals surface area contributed by atoms with Crippen LogP contribution >= 0.6 is 0 Å². The van der Waals surface area contributed by atoms with E-state index >= 15 is 0 Å². The van der Waals surface area contributed by atoms with Gasteiger partial charge in [-0.05, 0) is 68.5 Å². The SMILES string of the molecule is CC(C)(C)OC(=O)NCC=O.CON(C)C(=O)CNC(=O)OC(C)(C)C.CON(C)C([O-])CNC(=O)OC(C)(C)C.O.[AlH3].[H-].[Li+].[Li+]. The first-order valence-electron chi connectivity index (χ1n) is 12.6. The van der Waals surface area contributed by atoms with Crippen molar-refractivity contribution in [3.8, 4) is 0 Å². The molecule has 0 fully saturated rings. The number of rotatable bonds is 9. The van der Waals surface area contributed by atoms with Gasteiger partial charge in [0.2, 0.25) is 0 Å². The Bertz CT molecular complexity index is 818. The van der Waals surface area contributed by atoms with Crippen LogP contribution in [0.3, 0.4) is 0 Å². The molecule has 0 aromatic carbocycles. The number of nitrogens with zero attached hydrogens (tertiary/aromatic N) is 2. The van der Waals surface area contributed by atoms with Crippen molar-refractivity contribution in [3.63, 3.8) is 0 Å². The number of amides is 4. The number of nitrogens with one attached hydrogen (secondary N) is 3. The molecule has 0 aliphatic heterocycles. The molecule has 0 aliphatic rings. The minimum absolute atomic E-state index is 0. The largest absolute Gasteiger partial charge is 1.00 e. The summed E-state index contributed by atoms with van der Waals surface area (Å²) in [4.78, 5) is 63.3. The van der Waals surface area contributed by atoms with Gasteiger partial charge >= 0.3 is 56.0 Å². The van der Waals surface area contributed by atoms with E-state index in [0.717, 1.165) is 10.1 Å². The van der Waals surface area contributed by atoms with Crippen LogP contribution in [-0.2, 0) is 33.5 Å². The Labute approximate surface area is 303 Å². The topological polar surface area (TPSA) is 229 Å². The summed E-state index contributed by atoms with van der Waals surface area (Å²) in [7, 11) is 5.71. The van der Waals surface area contributed by atoms with Gasteiger partial charge in [-0.25, -0.2) is 24.5 Å². The van der Waals surface area contributed by atoms with E-state index in [2.05, 4.69) is 25.6 Å². The van der Waals surface area contributed by atoms with Gasteiger partial charge in [0.15, 0.2) is 17.4 Å². The Kier molecular flexibility index (Phi) is 39.1. The maximum atomic E-state index is 11.3. The minimum Gasteiger partial charge on any atom is -1.00 e. The summed E-state index contributed by atoms with van der Waals surface area (Å²) in [6, 6.07) is 0. The van der Waals surface area contributed by atoms with Crippen LogP contribution in [0.4, 0.5) is 14.4 Å². The smallest absolute Gasteiger partial charge is 1.00 e. The fourth-order valence-corrected chi connectivity index (χ4v) is 1.85. The first kappa shape index (κ1) is 59.0. The quantitative estimate of drug-likeness (QED) is 0.0690. The summed E-state index contributed by atoms with van der Waals surface area (Å²) in [5.41, 5.74) is -1.64. The van der Waals surface area contributed by atoms with Crippen LogP contribution < -0.4 is 58.8 Å². The number of carbonyl (C=O) groups excluding carboxylic acids is 5. The van der Waals surface area contributed by atoms with E-state index in [1.807, 2.05) is 0 Å². The van der Waals surface area contributed by atoms with Crippen LogP contribution in [0.2, 0.25) is 0 Å². The van der Waals surface area contributed by atoms with Crippen molar-refractivity contribution in [2.75, 3.05) is 47.9 Å². The van der Waals surface area contributed by atoms with Crippen LogP contribution in [0.5, 0.6) is 0 Å². The number of hydrogen-bond donors (Lipinski definition) is 3. The molecule has 4 amide bonds. The summed E-state index contributed by atoms with van der Waals surface area (Å²) in [6.07, 6.45) is -2.34. The number of ether oxygens (including phenoxy) is 3. The number of aldehydes is 1. The zero-order valence-corrected chi connectivity index (χ0v) is 29.2. The van der Waals surface area contributed by atoms with Crippen molar-refractivity contribution in [2.45, 2.75) is 85.3 Å². The fraction of sp³-hybridized carbons (Fsp3) is 0.800. The fourth-order valence-electron chi connectivity index (χ4n) is 1.85. The molecule has 0 radical (unpaired) electrons. The van der Waals surface area contributed by atoms with Gasteiger partial charge in [0, 0.05) is 20.6 Å². The summed E-state index contributed by atoms with van der Waals surface area (Å²) in [5.74, 6) is -0.358. The number of hydroxylamine groups is 4. The second kappa shape index (κ2) is 29.9. The Balaban J connectivity index is -0.0000000753. The molecular weight excluding hydrogens is 603 g/mol. The monoisotopic (exact) mass is 659 g/mol. The average Bonchev–Trinajstić information content (AvgIpc) is 2.81. The predicted molar refractivity (Wildman–Crippen MR) is 162 cm³/mol. The van der Waals surface area contributed by atoms with E-state index < -0.39 is 41.3 Å². The Morgan fingerprint density at radius 1 is 0.756 bits per heavy atom. The van der Waals surface area contributed by atoms with Gasteiger partial charge in [0.05, 0.1) is 20.8 Å². The zero-order valence-electron chi connectivity index (χ0n) is 30.2. The molecular formula is C25H56AlLi2N5O12. The van der Waals surface area contributed by atoms with Gasteiger partial charge in [0.1, 0.15) is 29.6 Å². The molecule has 20 heteroatoms. The molecule has 258 valence electrons. The first-order chi connectivity index (χ1) is 18.5. The van der Waals surface area contributed by atoms with Crippen molar-refractivity contribution >= 4 is 47.8 Å². The van der Waals surface area contributed by atoms with Crippen LogP contribution in [0.25, 0.3) is 0 Å². The molecule has 5 N–H and O–H groups in total. The van der Waals surface area contributed by atoms with E-state index in [1.165, 1.54) is 28.3 Å². The standard InChI is InChI=1S/C9H19N2O4.C9H18N2O4.C7H13NO3.Al.2Li.H2O.4H/c2*1-9(2,3)15-8(13)10-6-7(12)11(4)14-5;1-7(2,3)11-6(10)8-4-5-9;;;;;;;;/h7H,6H2,1-5H3,(H,10,13);6H2,1-5H3,(H,10,13);5H,4H2,1-3H3,(H,8,10);;;;1H2;;;;/q-1;;;;2*+1;;;;;-1. The summed E-state index contributed by atoms with van der Waals surface area (Å²) in [5, 5.41) is 20.3. The van der Waals surface area contributed by atoms with Crippen LogP contribution in [0.15, 0.2) is 0 Å². The number of alkyl carbamates (subject to hydrolysis) is 3. The maximum Gasteiger partial charge on any atom is 1.00 e. The van der Waals surface area contributed by atoms with Gasteiger partial charge in [-0.1, -0.05) is 0 Å². The molecule has 0 saturated carbocycles. The van der Waals surface area contributed by atoms with Gasteiger partial charge in [0.25, 0.3) is 5.91 Å². The van der Waals surface area contributed by atoms with E-state index in [4.69, 9.17) is 14.2 Å².